The molecule has 1 saturated heterocycles. The molecule has 0 bridgehead atoms. The standard InChI is InChI=1S/C28H27Cl2N3O3/c1-35-24-4-2-3-22(15-24)27(36-19-21-7-5-20(17-31)6-8-21)18-32-11-13-33(14-12-32)28(34)23-9-10-25(29)26(30)16-23/h2-10,15-16,27H,11-14,18-19H2,1H3/t27-/m0/s1. The van der Waals surface area contributed by atoms with Gasteiger partial charge in [-0.3, -0.25) is 9.69 Å². The van der Waals surface area contributed by atoms with E-state index in [0.717, 1.165) is 30.0 Å². The number of hydrogen-bond acceptors (Lipinski definition) is 5. The number of methoxy groups -OCH3 is 1. The molecular formula is C28H27Cl2N3O3. The Morgan fingerprint density at radius 1 is 1.00 bits per heavy atom. The molecule has 0 unspecified atom stereocenters. The number of nitrogens with zero attached hydrogens (tertiary/aromatic N) is 3. The second kappa shape index (κ2) is 12.2. The fourth-order valence-electron chi connectivity index (χ4n) is 4.15. The first kappa shape index (κ1) is 26.0. The predicted octanol–water partition coefficient (Wildman–Crippen LogP) is 5.59. The van der Waals surface area contributed by atoms with Crippen molar-refractivity contribution in [2.75, 3.05) is 39.8 Å². The number of halogens is 2. The summed E-state index contributed by atoms with van der Waals surface area (Å²) in [5, 5.41) is 9.84. The number of carbonyl (C=O) groups excluding carboxylic acids is 1. The average molecular weight is 524 g/mol. The van der Waals surface area contributed by atoms with Gasteiger partial charge < -0.3 is 14.4 Å². The number of nitriles is 1. The van der Waals surface area contributed by atoms with Crippen molar-refractivity contribution >= 4 is 29.1 Å². The van der Waals surface area contributed by atoms with Gasteiger partial charge in [0.15, 0.2) is 0 Å². The van der Waals surface area contributed by atoms with Gasteiger partial charge in [0.1, 0.15) is 5.75 Å². The molecule has 1 fully saturated rings. The Hall–Kier alpha value is -3.08. The molecule has 3 aromatic carbocycles. The number of ether oxygens (including phenoxy) is 2. The third-order valence-electron chi connectivity index (χ3n) is 6.25. The van der Waals surface area contributed by atoms with Gasteiger partial charge >= 0.3 is 0 Å². The van der Waals surface area contributed by atoms with E-state index >= 15 is 0 Å². The molecule has 3 aromatic rings. The van der Waals surface area contributed by atoms with Gasteiger partial charge in [-0.2, -0.15) is 5.26 Å². The predicted molar refractivity (Wildman–Crippen MR) is 140 cm³/mol. The van der Waals surface area contributed by atoms with Crippen LogP contribution in [0.1, 0.15) is 33.2 Å². The molecule has 0 N–H and O–H groups in total. The van der Waals surface area contributed by atoms with Crippen LogP contribution in [0.25, 0.3) is 0 Å². The van der Waals surface area contributed by atoms with E-state index in [1.807, 2.05) is 41.3 Å². The van der Waals surface area contributed by atoms with Gasteiger partial charge in [-0.1, -0.05) is 47.5 Å². The van der Waals surface area contributed by atoms with Crippen LogP contribution in [0, 0.1) is 11.3 Å². The normalized spacial score (nSPS) is 14.8. The monoisotopic (exact) mass is 523 g/mol. The van der Waals surface area contributed by atoms with Crippen molar-refractivity contribution in [2.45, 2.75) is 12.7 Å². The maximum Gasteiger partial charge on any atom is 0.253 e. The lowest BCUT2D eigenvalue weighted by atomic mass is 10.1. The number of rotatable bonds is 8. The van der Waals surface area contributed by atoms with E-state index in [0.29, 0.717) is 47.4 Å². The maximum atomic E-state index is 12.9. The van der Waals surface area contributed by atoms with E-state index in [4.69, 9.17) is 37.9 Å². The van der Waals surface area contributed by atoms with Crippen LogP contribution in [0.2, 0.25) is 10.0 Å². The molecule has 1 heterocycles. The van der Waals surface area contributed by atoms with Crippen LogP contribution in [-0.4, -0.2) is 55.5 Å². The van der Waals surface area contributed by atoms with Gasteiger partial charge in [-0.25, -0.2) is 0 Å². The summed E-state index contributed by atoms with van der Waals surface area (Å²) in [6.07, 6.45) is -0.187. The third-order valence-corrected chi connectivity index (χ3v) is 6.99. The summed E-state index contributed by atoms with van der Waals surface area (Å²) in [5.74, 6) is 0.728. The Morgan fingerprint density at radius 2 is 1.75 bits per heavy atom. The summed E-state index contributed by atoms with van der Waals surface area (Å²) in [7, 11) is 1.65. The topological polar surface area (TPSA) is 65.8 Å². The van der Waals surface area contributed by atoms with E-state index in [-0.39, 0.29) is 12.0 Å². The van der Waals surface area contributed by atoms with E-state index < -0.39 is 0 Å². The summed E-state index contributed by atoms with van der Waals surface area (Å²) in [5.41, 5.74) is 3.19. The van der Waals surface area contributed by atoms with Crippen LogP contribution < -0.4 is 4.74 Å². The highest BCUT2D eigenvalue weighted by Gasteiger charge is 2.25. The zero-order chi connectivity index (χ0) is 25.5. The van der Waals surface area contributed by atoms with E-state index in [1.54, 1.807) is 37.4 Å². The van der Waals surface area contributed by atoms with Gasteiger partial charge in [-0.15, -0.1) is 0 Å². The first-order valence-electron chi connectivity index (χ1n) is 11.7. The van der Waals surface area contributed by atoms with E-state index in [2.05, 4.69) is 11.0 Å². The molecule has 36 heavy (non-hydrogen) atoms. The Balaban J connectivity index is 1.41. The van der Waals surface area contributed by atoms with Crippen molar-refractivity contribution in [3.05, 3.63) is 99.0 Å². The number of benzene rings is 3. The fourth-order valence-corrected chi connectivity index (χ4v) is 4.45. The van der Waals surface area contributed by atoms with Crippen LogP contribution >= 0.6 is 23.2 Å². The third kappa shape index (κ3) is 6.57. The highest BCUT2D eigenvalue weighted by atomic mass is 35.5. The maximum absolute atomic E-state index is 12.9. The van der Waals surface area contributed by atoms with Crippen molar-refractivity contribution in [1.82, 2.24) is 9.80 Å². The largest absolute Gasteiger partial charge is 0.497 e. The zero-order valence-electron chi connectivity index (χ0n) is 20.0. The highest BCUT2D eigenvalue weighted by molar-refractivity contribution is 6.42. The van der Waals surface area contributed by atoms with Gasteiger partial charge in [-0.05, 0) is 53.6 Å². The van der Waals surface area contributed by atoms with Crippen LogP contribution in [0.3, 0.4) is 0 Å². The minimum Gasteiger partial charge on any atom is -0.497 e. The van der Waals surface area contributed by atoms with Crippen molar-refractivity contribution in [3.63, 3.8) is 0 Å². The molecule has 6 nitrogen and oxygen atoms in total. The van der Waals surface area contributed by atoms with Gasteiger partial charge in [0, 0.05) is 38.3 Å². The Labute approximate surface area is 221 Å². The number of piperazine rings is 1. The Morgan fingerprint density at radius 3 is 2.42 bits per heavy atom. The van der Waals surface area contributed by atoms with Crippen LogP contribution in [-0.2, 0) is 11.3 Å². The van der Waals surface area contributed by atoms with Gasteiger partial charge in [0.25, 0.3) is 5.91 Å². The highest BCUT2D eigenvalue weighted by Crippen LogP contribution is 2.26. The Bertz CT molecular complexity index is 1240. The number of carbonyl (C=O) groups is 1. The molecule has 0 spiro atoms. The van der Waals surface area contributed by atoms with Crippen LogP contribution in [0.4, 0.5) is 0 Å². The smallest absolute Gasteiger partial charge is 0.253 e. The molecule has 4 rings (SSSR count). The molecule has 1 amide bonds. The summed E-state index contributed by atoms with van der Waals surface area (Å²) in [4.78, 5) is 17.1. The minimum atomic E-state index is -0.187. The lowest BCUT2D eigenvalue weighted by molar-refractivity contribution is 0.00333. The first-order valence-corrected chi connectivity index (χ1v) is 12.4. The zero-order valence-corrected chi connectivity index (χ0v) is 21.5. The minimum absolute atomic E-state index is 0.0466. The number of amides is 1. The second-order valence-electron chi connectivity index (χ2n) is 8.61. The SMILES string of the molecule is COc1cccc([C@H](CN2CCN(C(=O)c3ccc(Cl)c(Cl)c3)CC2)OCc2ccc(C#N)cc2)c1. The van der Waals surface area contributed by atoms with Crippen molar-refractivity contribution in [1.29, 1.82) is 5.26 Å². The van der Waals surface area contributed by atoms with Gasteiger partial charge in [0.2, 0.25) is 0 Å². The van der Waals surface area contributed by atoms with Gasteiger partial charge in [0.05, 0.1) is 41.5 Å². The molecule has 8 heteroatoms. The molecule has 0 saturated carbocycles. The second-order valence-corrected chi connectivity index (χ2v) is 9.42. The average Bonchev–Trinajstić information content (AvgIpc) is 2.92. The number of hydrogen-bond donors (Lipinski definition) is 0. The first-order chi connectivity index (χ1) is 17.5. The van der Waals surface area contributed by atoms with Crippen LogP contribution in [0.5, 0.6) is 5.75 Å². The van der Waals surface area contributed by atoms with E-state index in [9.17, 15) is 4.79 Å². The lowest BCUT2D eigenvalue weighted by Gasteiger charge is -2.36. The summed E-state index contributed by atoms with van der Waals surface area (Å²) < 4.78 is 11.8. The molecule has 1 aliphatic heterocycles. The molecule has 0 aromatic heterocycles. The fraction of sp³-hybridized carbons (Fsp3) is 0.286. The summed E-state index contributed by atoms with van der Waals surface area (Å²) in [6, 6.07) is 22.4. The van der Waals surface area contributed by atoms with E-state index in [1.165, 1.54) is 0 Å². The molecule has 0 radical (unpaired) electrons. The molecule has 1 atom stereocenters. The molecular weight excluding hydrogens is 497 g/mol. The summed E-state index contributed by atoms with van der Waals surface area (Å²) in [6.45, 7) is 3.78. The lowest BCUT2D eigenvalue weighted by Crippen LogP contribution is -2.49. The van der Waals surface area contributed by atoms with Crippen molar-refractivity contribution < 1.29 is 14.3 Å². The van der Waals surface area contributed by atoms with Crippen molar-refractivity contribution in [2.24, 2.45) is 0 Å². The Kier molecular flexibility index (Phi) is 8.84. The van der Waals surface area contributed by atoms with Crippen molar-refractivity contribution in [3.8, 4) is 11.8 Å². The molecule has 186 valence electrons. The molecule has 0 aliphatic carbocycles. The molecule has 1 aliphatic rings. The quantitative estimate of drug-likeness (QED) is 0.385. The summed E-state index contributed by atoms with van der Waals surface area (Å²) >= 11 is 12.1. The van der Waals surface area contributed by atoms with Crippen LogP contribution in [0.15, 0.2) is 66.7 Å².